The first-order valence-corrected chi connectivity index (χ1v) is 6.13. The molecular weight excluding hydrogens is 244 g/mol. The van der Waals surface area contributed by atoms with Gasteiger partial charge in [-0.3, -0.25) is 0 Å². The molecule has 0 atom stereocenters. The van der Waals surface area contributed by atoms with E-state index in [-0.39, 0.29) is 0 Å². The molecule has 3 N–H and O–H groups in total. The molecule has 0 amide bonds. The average Bonchev–Trinajstić information content (AvgIpc) is 2.42. The van der Waals surface area contributed by atoms with Gasteiger partial charge in [0.2, 0.25) is 0 Å². The van der Waals surface area contributed by atoms with Crippen molar-refractivity contribution in [1.82, 2.24) is 5.32 Å². The molecule has 1 aromatic rings. The van der Waals surface area contributed by atoms with Gasteiger partial charge in [-0.2, -0.15) is 0 Å². The standard InChI is InChI=1S/C14H18N2OS/c1-2-12(8-9-15)10-16-14(18)17-11-13-6-4-3-5-7-13/h2-8H,1,9-11,15H2,(H,16,18)/b12-8+. The molecule has 0 bridgehead atoms. The second kappa shape index (κ2) is 8.44. The highest BCUT2D eigenvalue weighted by Crippen LogP contribution is 2.01. The zero-order valence-electron chi connectivity index (χ0n) is 10.3. The summed E-state index contributed by atoms with van der Waals surface area (Å²) in [6, 6.07) is 9.89. The minimum absolute atomic E-state index is 0.378. The van der Waals surface area contributed by atoms with Crippen molar-refractivity contribution in [3.05, 3.63) is 60.2 Å². The Kier molecular flexibility index (Phi) is 6.76. The minimum Gasteiger partial charge on any atom is -0.466 e. The van der Waals surface area contributed by atoms with Crippen molar-refractivity contribution in [2.45, 2.75) is 6.61 Å². The van der Waals surface area contributed by atoms with E-state index in [1.165, 1.54) is 0 Å². The topological polar surface area (TPSA) is 47.3 Å². The van der Waals surface area contributed by atoms with Crippen molar-refractivity contribution in [2.24, 2.45) is 5.73 Å². The predicted molar refractivity (Wildman–Crippen MR) is 79.2 cm³/mol. The van der Waals surface area contributed by atoms with Gasteiger partial charge < -0.3 is 15.8 Å². The van der Waals surface area contributed by atoms with E-state index in [2.05, 4.69) is 11.9 Å². The van der Waals surface area contributed by atoms with Gasteiger partial charge in [-0.1, -0.05) is 49.1 Å². The van der Waals surface area contributed by atoms with Gasteiger partial charge in [0.25, 0.3) is 5.17 Å². The van der Waals surface area contributed by atoms with Gasteiger partial charge >= 0.3 is 0 Å². The lowest BCUT2D eigenvalue weighted by Crippen LogP contribution is -2.26. The van der Waals surface area contributed by atoms with Crippen LogP contribution in [0.3, 0.4) is 0 Å². The SMILES string of the molecule is C=C/C(=C\CN)CNC(=S)OCc1ccccc1. The molecule has 0 saturated carbocycles. The van der Waals surface area contributed by atoms with E-state index in [9.17, 15) is 0 Å². The molecule has 3 nitrogen and oxygen atoms in total. The van der Waals surface area contributed by atoms with Crippen molar-refractivity contribution < 1.29 is 4.74 Å². The number of hydrogen-bond donors (Lipinski definition) is 2. The van der Waals surface area contributed by atoms with Crippen LogP contribution >= 0.6 is 12.2 Å². The van der Waals surface area contributed by atoms with Gasteiger partial charge in [0.15, 0.2) is 0 Å². The van der Waals surface area contributed by atoms with Crippen molar-refractivity contribution in [3.8, 4) is 0 Å². The number of thiocarbonyl (C=S) groups is 1. The molecule has 0 aliphatic rings. The summed E-state index contributed by atoms with van der Waals surface area (Å²) >= 11 is 5.08. The maximum atomic E-state index is 5.43. The molecule has 96 valence electrons. The van der Waals surface area contributed by atoms with Crippen molar-refractivity contribution in [1.29, 1.82) is 0 Å². The highest BCUT2D eigenvalue weighted by atomic mass is 32.1. The largest absolute Gasteiger partial charge is 0.466 e. The van der Waals surface area contributed by atoms with E-state index in [1.807, 2.05) is 36.4 Å². The first-order valence-electron chi connectivity index (χ1n) is 5.72. The third-order valence-electron chi connectivity index (χ3n) is 2.29. The molecule has 1 aromatic carbocycles. The van der Waals surface area contributed by atoms with E-state index in [0.29, 0.717) is 24.9 Å². The summed E-state index contributed by atoms with van der Waals surface area (Å²) in [5.41, 5.74) is 7.52. The van der Waals surface area contributed by atoms with Crippen LogP contribution in [-0.4, -0.2) is 18.3 Å². The normalized spacial score (nSPS) is 10.8. The second-order valence-corrected chi connectivity index (χ2v) is 4.00. The molecule has 0 heterocycles. The van der Waals surface area contributed by atoms with Gasteiger partial charge in [0, 0.05) is 13.1 Å². The number of ether oxygens (including phenoxy) is 1. The highest BCUT2D eigenvalue weighted by Gasteiger charge is 1.98. The second-order valence-electron chi connectivity index (χ2n) is 3.63. The molecule has 0 saturated heterocycles. The smallest absolute Gasteiger partial charge is 0.257 e. The number of nitrogens with two attached hydrogens (primary N) is 1. The number of nitrogens with one attached hydrogen (secondary N) is 1. The van der Waals surface area contributed by atoms with Crippen molar-refractivity contribution in [3.63, 3.8) is 0 Å². The van der Waals surface area contributed by atoms with E-state index in [4.69, 9.17) is 22.7 Å². The molecule has 0 fully saturated rings. The maximum Gasteiger partial charge on any atom is 0.257 e. The van der Waals surface area contributed by atoms with Crippen LogP contribution in [0.4, 0.5) is 0 Å². The summed E-state index contributed by atoms with van der Waals surface area (Å²) < 4.78 is 5.43. The Balaban J connectivity index is 2.30. The summed E-state index contributed by atoms with van der Waals surface area (Å²) in [6.07, 6.45) is 3.64. The number of hydrogen-bond acceptors (Lipinski definition) is 3. The minimum atomic E-state index is 0.378. The Morgan fingerprint density at radius 2 is 2.11 bits per heavy atom. The quantitative estimate of drug-likeness (QED) is 0.609. The zero-order chi connectivity index (χ0) is 13.2. The number of benzene rings is 1. The lowest BCUT2D eigenvalue weighted by atomic mass is 10.2. The van der Waals surface area contributed by atoms with Crippen LogP contribution in [0.15, 0.2) is 54.6 Å². The Labute approximate surface area is 113 Å². The maximum absolute atomic E-state index is 5.43. The summed E-state index contributed by atoms with van der Waals surface area (Å²) in [6.45, 7) is 5.24. The van der Waals surface area contributed by atoms with Gasteiger partial charge in [-0.15, -0.1) is 0 Å². The molecule has 0 radical (unpaired) electrons. The molecule has 0 unspecified atom stereocenters. The fraction of sp³-hybridized carbons (Fsp3) is 0.214. The van der Waals surface area contributed by atoms with E-state index >= 15 is 0 Å². The first-order chi connectivity index (χ1) is 8.76. The molecule has 1 rings (SSSR count). The number of rotatable bonds is 6. The van der Waals surface area contributed by atoms with Gasteiger partial charge in [-0.25, -0.2) is 0 Å². The Morgan fingerprint density at radius 3 is 2.72 bits per heavy atom. The fourth-order valence-corrected chi connectivity index (χ4v) is 1.46. The van der Waals surface area contributed by atoms with Crippen LogP contribution in [-0.2, 0) is 11.3 Å². The van der Waals surface area contributed by atoms with Crippen LogP contribution < -0.4 is 11.1 Å². The Morgan fingerprint density at radius 1 is 1.39 bits per heavy atom. The van der Waals surface area contributed by atoms with E-state index in [0.717, 1.165) is 11.1 Å². The van der Waals surface area contributed by atoms with Crippen LogP contribution in [0.25, 0.3) is 0 Å². The summed E-state index contributed by atoms with van der Waals surface area (Å²) in [5, 5.41) is 3.38. The average molecular weight is 262 g/mol. The summed E-state index contributed by atoms with van der Waals surface area (Å²) in [4.78, 5) is 0. The van der Waals surface area contributed by atoms with Crippen molar-refractivity contribution in [2.75, 3.05) is 13.1 Å². The zero-order valence-corrected chi connectivity index (χ0v) is 11.1. The summed E-state index contributed by atoms with van der Waals surface area (Å²) in [7, 11) is 0. The lowest BCUT2D eigenvalue weighted by molar-refractivity contribution is 0.287. The third-order valence-corrected chi connectivity index (χ3v) is 2.55. The molecular formula is C14H18N2OS. The lowest BCUT2D eigenvalue weighted by Gasteiger charge is -2.10. The molecule has 4 heteroatoms. The van der Waals surface area contributed by atoms with Crippen LogP contribution in [0.5, 0.6) is 0 Å². The van der Waals surface area contributed by atoms with Crippen molar-refractivity contribution >= 4 is 17.4 Å². The molecule has 18 heavy (non-hydrogen) atoms. The van der Waals surface area contributed by atoms with Gasteiger partial charge in [-0.05, 0) is 23.4 Å². The fourth-order valence-electron chi connectivity index (χ4n) is 1.33. The molecule has 0 spiro atoms. The van der Waals surface area contributed by atoms with Gasteiger partial charge in [0.1, 0.15) is 6.61 Å². The third kappa shape index (κ3) is 5.61. The molecule has 0 aliphatic carbocycles. The Bertz CT molecular complexity index is 415. The summed E-state index contributed by atoms with van der Waals surface area (Å²) in [5.74, 6) is 0. The van der Waals surface area contributed by atoms with Gasteiger partial charge in [0.05, 0.1) is 0 Å². The Hall–Kier alpha value is -1.65. The van der Waals surface area contributed by atoms with Crippen LogP contribution in [0.2, 0.25) is 0 Å². The highest BCUT2D eigenvalue weighted by molar-refractivity contribution is 7.80. The van der Waals surface area contributed by atoms with Crippen LogP contribution in [0.1, 0.15) is 5.56 Å². The van der Waals surface area contributed by atoms with E-state index < -0.39 is 0 Å². The first kappa shape index (κ1) is 14.4. The van der Waals surface area contributed by atoms with E-state index in [1.54, 1.807) is 6.08 Å². The van der Waals surface area contributed by atoms with Crippen LogP contribution in [0, 0.1) is 0 Å². The monoisotopic (exact) mass is 262 g/mol. The molecule has 0 aliphatic heterocycles. The molecule has 0 aromatic heterocycles. The predicted octanol–water partition coefficient (Wildman–Crippen LogP) is 2.15.